The molecular formula is C13H17N3OS2. The fourth-order valence-corrected chi connectivity index (χ4v) is 3.60. The molecule has 3 rings (SSSR count). The Morgan fingerprint density at radius 1 is 1.63 bits per heavy atom. The Labute approximate surface area is 121 Å². The van der Waals surface area contributed by atoms with Crippen molar-refractivity contribution in [1.82, 2.24) is 14.8 Å². The van der Waals surface area contributed by atoms with E-state index in [2.05, 4.69) is 33.1 Å². The average Bonchev–Trinajstić information content (AvgIpc) is 3.12. The smallest absolute Gasteiger partial charge is 0.195 e. The van der Waals surface area contributed by atoms with Gasteiger partial charge >= 0.3 is 0 Å². The van der Waals surface area contributed by atoms with E-state index in [1.54, 1.807) is 11.3 Å². The number of thiophene rings is 1. The number of nitrogens with one attached hydrogen (secondary N) is 1. The molecule has 2 unspecified atom stereocenters. The Morgan fingerprint density at radius 2 is 2.53 bits per heavy atom. The first-order valence-corrected chi connectivity index (χ1v) is 7.89. The van der Waals surface area contributed by atoms with Crippen LogP contribution in [-0.4, -0.2) is 27.5 Å². The number of hydrogen-bond acceptors (Lipinski definition) is 4. The molecule has 1 N–H and O–H groups in total. The quantitative estimate of drug-likeness (QED) is 0.878. The molecule has 19 heavy (non-hydrogen) atoms. The monoisotopic (exact) mass is 295 g/mol. The van der Waals surface area contributed by atoms with Gasteiger partial charge < -0.3 is 4.74 Å². The first-order chi connectivity index (χ1) is 9.29. The lowest BCUT2D eigenvalue weighted by atomic mass is 9.99. The summed E-state index contributed by atoms with van der Waals surface area (Å²) in [6.07, 6.45) is 2.52. The largest absolute Gasteiger partial charge is 0.378 e. The molecule has 0 bridgehead atoms. The molecule has 3 heterocycles. The highest BCUT2D eigenvalue weighted by Crippen LogP contribution is 2.28. The predicted molar refractivity (Wildman–Crippen MR) is 78.9 cm³/mol. The van der Waals surface area contributed by atoms with Crippen molar-refractivity contribution < 1.29 is 4.74 Å². The molecule has 0 aliphatic carbocycles. The van der Waals surface area contributed by atoms with Gasteiger partial charge in [-0.15, -0.1) is 11.3 Å². The fourth-order valence-electron chi connectivity index (χ4n) is 2.67. The SMILES string of the molecule is CCC1OCCC1Cn1c(-c2cccs2)n[nH]c1=S. The van der Waals surface area contributed by atoms with Crippen LogP contribution in [0, 0.1) is 10.7 Å². The van der Waals surface area contributed by atoms with Crippen LogP contribution in [0.4, 0.5) is 0 Å². The Balaban J connectivity index is 1.89. The lowest BCUT2D eigenvalue weighted by molar-refractivity contribution is 0.0835. The van der Waals surface area contributed by atoms with Gasteiger partial charge in [-0.1, -0.05) is 13.0 Å². The summed E-state index contributed by atoms with van der Waals surface area (Å²) < 4.78 is 8.57. The number of nitrogens with zero attached hydrogens (tertiary/aromatic N) is 2. The first-order valence-electron chi connectivity index (χ1n) is 6.60. The van der Waals surface area contributed by atoms with Crippen molar-refractivity contribution in [3.8, 4) is 10.7 Å². The standard InChI is InChI=1S/C13H17N3OS2/c1-2-10-9(5-6-17-10)8-16-12(14-15-13(16)18)11-4-3-7-19-11/h3-4,7,9-10H,2,5-6,8H2,1H3,(H,15,18). The van der Waals surface area contributed by atoms with Crippen molar-refractivity contribution in [1.29, 1.82) is 0 Å². The molecule has 4 nitrogen and oxygen atoms in total. The summed E-state index contributed by atoms with van der Waals surface area (Å²) in [6, 6.07) is 4.12. The minimum atomic E-state index is 0.355. The van der Waals surface area contributed by atoms with Gasteiger partial charge in [0.1, 0.15) is 0 Å². The van der Waals surface area contributed by atoms with Crippen molar-refractivity contribution in [2.24, 2.45) is 5.92 Å². The van der Waals surface area contributed by atoms with E-state index in [9.17, 15) is 0 Å². The lowest BCUT2D eigenvalue weighted by Gasteiger charge is -2.17. The summed E-state index contributed by atoms with van der Waals surface area (Å²) in [4.78, 5) is 1.15. The van der Waals surface area contributed by atoms with Crippen molar-refractivity contribution in [2.75, 3.05) is 6.61 Å². The van der Waals surface area contributed by atoms with E-state index >= 15 is 0 Å². The average molecular weight is 295 g/mol. The molecule has 102 valence electrons. The Hall–Kier alpha value is -0.980. The Kier molecular flexibility index (Phi) is 3.81. The molecule has 1 saturated heterocycles. The zero-order valence-electron chi connectivity index (χ0n) is 10.8. The molecule has 2 aromatic heterocycles. The summed E-state index contributed by atoms with van der Waals surface area (Å²) >= 11 is 7.05. The molecule has 6 heteroatoms. The maximum absolute atomic E-state index is 5.76. The molecule has 1 aliphatic heterocycles. The minimum Gasteiger partial charge on any atom is -0.378 e. The van der Waals surface area contributed by atoms with Crippen LogP contribution in [0.25, 0.3) is 10.7 Å². The topological polar surface area (TPSA) is 42.8 Å². The molecule has 0 aromatic carbocycles. The number of rotatable bonds is 4. The van der Waals surface area contributed by atoms with Gasteiger partial charge in [-0.2, -0.15) is 5.10 Å². The van der Waals surface area contributed by atoms with Gasteiger partial charge in [-0.25, -0.2) is 0 Å². The molecule has 0 amide bonds. The molecule has 0 radical (unpaired) electrons. The van der Waals surface area contributed by atoms with Gasteiger partial charge in [0.2, 0.25) is 0 Å². The summed E-state index contributed by atoms with van der Waals surface area (Å²) in [5, 5.41) is 9.34. The van der Waals surface area contributed by atoms with Crippen molar-refractivity contribution in [3.63, 3.8) is 0 Å². The fraction of sp³-hybridized carbons (Fsp3) is 0.538. The molecular weight excluding hydrogens is 278 g/mol. The van der Waals surface area contributed by atoms with Crippen LogP contribution in [0.1, 0.15) is 19.8 Å². The summed E-state index contributed by atoms with van der Waals surface area (Å²) in [5.41, 5.74) is 0. The number of aromatic nitrogens is 3. The van der Waals surface area contributed by atoms with Crippen LogP contribution in [0.5, 0.6) is 0 Å². The van der Waals surface area contributed by atoms with Crippen LogP contribution in [0.3, 0.4) is 0 Å². The molecule has 2 atom stereocenters. The van der Waals surface area contributed by atoms with Gasteiger partial charge in [0.15, 0.2) is 10.6 Å². The van der Waals surface area contributed by atoms with E-state index in [-0.39, 0.29) is 0 Å². The Bertz CT molecular complexity index is 587. The van der Waals surface area contributed by atoms with Crippen molar-refractivity contribution in [3.05, 3.63) is 22.3 Å². The predicted octanol–water partition coefficient (Wildman–Crippen LogP) is 3.48. The minimum absolute atomic E-state index is 0.355. The highest BCUT2D eigenvalue weighted by molar-refractivity contribution is 7.71. The third kappa shape index (κ3) is 2.52. The highest BCUT2D eigenvalue weighted by atomic mass is 32.1. The number of H-pyrrole nitrogens is 1. The summed E-state index contributed by atoms with van der Waals surface area (Å²) in [6.45, 7) is 3.93. The first kappa shape index (κ1) is 13.0. The number of hydrogen-bond donors (Lipinski definition) is 1. The third-order valence-electron chi connectivity index (χ3n) is 3.67. The van der Waals surface area contributed by atoms with E-state index in [0.29, 0.717) is 16.8 Å². The van der Waals surface area contributed by atoms with E-state index < -0.39 is 0 Å². The maximum atomic E-state index is 5.76. The normalized spacial score (nSPS) is 23.0. The molecule has 2 aromatic rings. The molecule has 0 spiro atoms. The summed E-state index contributed by atoms with van der Waals surface area (Å²) in [5.74, 6) is 1.48. The Morgan fingerprint density at radius 3 is 3.26 bits per heavy atom. The van der Waals surface area contributed by atoms with Gasteiger partial charge in [0.05, 0.1) is 11.0 Å². The second kappa shape index (κ2) is 5.56. The number of aromatic amines is 1. The van der Waals surface area contributed by atoms with Gasteiger partial charge in [-0.05, 0) is 36.5 Å². The van der Waals surface area contributed by atoms with E-state index in [1.165, 1.54) is 0 Å². The summed E-state index contributed by atoms with van der Waals surface area (Å²) in [7, 11) is 0. The second-order valence-electron chi connectivity index (χ2n) is 4.81. The van der Waals surface area contributed by atoms with Crippen LogP contribution in [0.2, 0.25) is 0 Å². The second-order valence-corrected chi connectivity index (χ2v) is 6.14. The number of ether oxygens (including phenoxy) is 1. The van der Waals surface area contributed by atoms with Gasteiger partial charge in [-0.3, -0.25) is 9.67 Å². The van der Waals surface area contributed by atoms with Gasteiger partial charge in [0.25, 0.3) is 0 Å². The van der Waals surface area contributed by atoms with Crippen molar-refractivity contribution in [2.45, 2.75) is 32.4 Å². The van der Waals surface area contributed by atoms with E-state index in [0.717, 1.165) is 36.7 Å². The molecule has 0 saturated carbocycles. The van der Waals surface area contributed by atoms with Gasteiger partial charge in [0, 0.05) is 19.1 Å². The van der Waals surface area contributed by atoms with E-state index in [1.807, 2.05) is 6.07 Å². The van der Waals surface area contributed by atoms with Crippen LogP contribution >= 0.6 is 23.6 Å². The third-order valence-corrected chi connectivity index (χ3v) is 4.84. The molecule has 1 fully saturated rings. The van der Waals surface area contributed by atoms with Crippen LogP contribution in [0.15, 0.2) is 17.5 Å². The van der Waals surface area contributed by atoms with Crippen LogP contribution < -0.4 is 0 Å². The molecule has 1 aliphatic rings. The lowest BCUT2D eigenvalue weighted by Crippen LogP contribution is -2.20. The zero-order valence-corrected chi connectivity index (χ0v) is 12.5. The van der Waals surface area contributed by atoms with Crippen molar-refractivity contribution >= 4 is 23.6 Å². The van der Waals surface area contributed by atoms with Crippen LogP contribution in [-0.2, 0) is 11.3 Å². The van der Waals surface area contributed by atoms with E-state index in [4.69, 9.17) is 17.0 Å². The maximum Gasteiger partial charge on any atom is 0.195 e. The highest BCUT2D eigenvalue weighted by Gasteiger charge is 2.28. The zero-order chi connectivity index (χ0) is 13.2.